The summed E-state index contributed by atoms with van der Waals surface area (Å²) in [5.74, 6) is -0.0606. The second kappa shape index (κ2) is 4.79. The van der Waals surface area contributed by atoms with Gasteiger partial charge in [0, 0.05) is 12.0 Å². The third-order valence-corrected chi connectivity index (χ3v) is 3.56. The van der Waals surface area contributed by atoms with Crippen LogP contribution in [0.2, 0.25) is 0 Å². The van der Waals surface area contributed by atoms with Gasteiger partial charge in [0.1, 0.15) is 12.9 Å². The van der Waals surface area contributed by atoms with Crippen molar-refractivity contribution in [1.82, 2.24) is 25.5 Å². The fourth-order valence-electron chi connectivity index (χ4n) is 2.23. The molecule has 0 aliphatic heterocycles. The first-order valence-corrected chi connectivity index (χ1v) is 6.32. The summed E-state index contributed by atoms with van der Waals surface area (Å²) >= 11 is 0. The summed E-state index contributed by atoms with van der Waals surface area (Å²) in [4.78, 5) is 11.8. The van der Waals surface area contributed by atoms with Crippen LogP contribution in [0.3, 0.4) is 0 Å². The molecular weight excluding hydrogens is 242 g/mol. The van der Waals surface area contributed by atoms with E-state index in [2.05, 4.69) is 33.0 Å². The largest absolute Gasteiger partial charge is 0.354 e. The van der Waals surface area contributed by atoms with Crippen molar-refractivity contribution in [3.8, 4) is 0 Å². The van der Waals surface area contributed by atoms with Crippen molar-refractivity contribution in [2.24, 2.45) is 0 Å². The Bertz CT molecular complexity index is 548. The van der Waals surface area contributed by atoms with E-state index < -0.39 is 0 Å². The van der Waals surface area contributed by atoms with Crippen molar-refractivity contribution in [2.75, 3.05) is 6.54 Å². The number of amides is 1. The number of hydrogen-bond donors (Lipinski definition) is 1. The van der Waals surface area contributed by atoms with Crippen LogP contribution in [-0.4, -0.2) is 32.7 Å². The fourth-order valence-corrected chi connectivity index (χ4v) is 2.23. The number of nitrogens with one attached hydrogen (secondary N) is 1. The highest BCUT2D eigenvalue weighted by Gasteiger charge is 2.44. The molecule has 1 N–H and O–H groups in total. The molecule has 0 unspecified atom stereocenters. The molecule has 1 heterocycles. The topological polar surface area (TPSA) is 72.7 Å². The smallest absolute Gasteiger partial charge is 0.241 e. The molecule has 6 nitrogen and oxygen atoms in total. The molecule has 1 aliphatic rings. The van der Waals surface area contributed by atoms with Crippen molar-refractivity contribution in [1.29, 1.82) is 0 Å². The highest BCUT2D eigenvalue weighted by Crippen LogP contribution is 2.47. The van der Waals surface area contributed by atoms with E-state index in [9.17, 15) is 4.79 Å². The highest BCUT2D eigenvalue weighted by molar-refractivity contribution is 5.75. The van der Waals surface area contributed by atoms with E-state index in [1.54, 1.807) is 0 Å². The lowest BCUT2D eigenvalue weighted by atomic mass is 9.96. The lowest BCUT2D eigenvalue weighted by molar-refractivity contribution is -0.122. The molecule has 1 aromatic carbocycles. The standard InChI is InChI=1S/C13H15N5O/c19-12(8-18-10-15-16-17-18)14-9-13(6-7-13)11-4-2-1-3-5-11/h1-5,10H,6-9H2,(H,14,19). The lowest BCUT2D eigenvalue weighted by Crippen LogP contribution is -2.34. The van der Waals surface area contributed by atoms with Gasteiger partial charge in [-0.25, -0.2) is 4.68 Å². The van der Waals surface area contributed by atoms with Gasteiger partial charge in [0.15, 0.2) is 0 Å². The molecule has 1 aromatic heterocycles. The summed E-state index contributed by atoms with van der Waals surface area (Å²) < 4.78 is 1.41. The first-order chi connectivity index (χ1) is 9.28. The van der Waals surface area contributed by atoms with Gasteiger partial charge in [0.2, 0.25) is 5.91 Å². The zero-order valence-corrected chi connectivity index (χ0v) is 10.5. The Labute approximate surface area is 110 Å². The molecule has 0 bridgehead atoms. The number of nitrogens with zero attached hydrogens (tertiary/aromatic N) is 4. The number of tetrazole rings is 1. The molecule has 2 aromatic rings. The molecule has 3 rings (SSSR count). The Morgan fingerprint density at radius 3 is 2.74 bits per heavy atom. The van der Waals surface area contributed by atoms with Crippen molar-refractivity contribution in [2.45, 2.75) is 24.8 Å². The van der Waals surface area contributed by atoms with Crippen LogP contribution in [-0.2, 0) is 16.8 Å². The average Bonchev–Trinajstić information content (AvgIpc) is 3.08. The monoisotopic (exact) mass is 257 g/mol. The van der Waals surface area contributed by atoms with Gasteiger partial charge in [-0.05, 0) is 28.8 Å². The SMILES string of the molecule is O=C(Cn1cnnn1)NCC1(c2ccccc2)CC1. The van der Waals surface area contributed by atoms with Gasteiger partial charge in [0.25, 0.3) is 0 Å². The molecule has 0 saturated heterocycles. The Morgan fingerprint density at radius 2 is 2.11 bits per heavy atom. The minimum absolute atomic E-state index is 0.0606. The second-order valence-corrected chi connectivity index (χ2v) is 4.93. The van der Waals surface area contributed by atoms with Crippen LogP contribution in [0.15, 0.2) is 36.7 Å². The van der Waals surface area contributed by atoms with Crippen LogP contribution in [0.4, 0.5) is 0 Å². The maximum atomic E-state index is 11.8. The summed E-state index contributed by atoms with van der Waals surface area (Å²) in [7, 11) is 0. The minimum Gasteiger partial charge on any atom is -0.354 e. The minimum atomic E-state index is -0.0606. The molecule has 1 aliphatic carbocycles. The van der Waals surface area contributed by atoms with E-state index in [1.807, 2.05) is 18.2 Å². The third-order valence-electron chi connectivity index (χ3n) is 3.56. The molecule has 1 saturated carbocycles. The molecule has 1 fully saturated rings. The highest BCUT2D eigenvalue weighted by atomic mass is 16.2. The molecule has 19 heavy (non-hydrogen) atoms. The van der Waals surface area contributed by atoms with E-state index in [0.29, 0.717) is 6.54 Å². The summed E-state index contributed by atoms with van der Waals surface area (Å²) in [6.45, 7) is 0.843. The molecule has 1 amide bonds. The summed E-state index contributed by atoms with van der Waals surface area (Å²) in [6, 6.07) is 10.3. The number of carbonyl (C=O) groups excluding carboxylic acids is 1. The first kappa shape index (κ1) is 11.8. The van der Waals surface area contributed by atoms with E-state index in [1.165, 1.54) is 16.6 Å². The summed E-state index contributed by atoms with van der Waals surface area (Å²) in [5.41, 5.74) is 1.44. The molecule has 6 heteroatoms. The van der Waals surface area contributed by atoms with Crippen LogP contribution >= 0.6 is 0 Å². The third kappa shape index (κ3) is 2.62. The van der Waals surface area contributed by atoms with Gasteiger partial charge in [-0.3, -0.25) is 4.79 Å². The predicted molar refractivity (Wildman–Crippen MR) is 68.2 cm³/mol. The number of aromatic nitrogens is 4. The fraction of sp³-hybridized carbons (Fsp3) is 0.385. The molecule has 0 spiro atoms. The van der Waals surface area contributed by atoms with Gasteiger partial charge in [-0.2, -0.15) is 0 Å². The number of benzene rings is 1. The van der Waals surface area contributed by atoms with Crippen LogP contribution < -0.4 is 5.32 Å². The van der Waals surface area contributed by atoms with Gasteiger partial charge in [-0.15, -0.1) is 5.10 Å². The molecule has 98 valence electrons. The van der Waals surface area contributed by atoms with Crippen LogP contribution in [0.25, 0.3) is 0 Å². The second-order valence-electron chi connectivity index (χ2n) is 4.93. The van der Waals surface area contributed by atoms with Crippen LogP contribution in [0.1, 0.15) is 18.4 Å². The Balaban J connectivity index is 1.56. The molecular formula is C13H15N5O. The van der Waals surface area contributed by atoms with Gasteiger partial charge < -0.3 is 5.32 Å². The molecule has 0 atom stereocenters. The van der Waals surface area contributed by atoms with Crippen molar-refractivity contribution >= 4 is 5.91 Å². The summed E-state index contributed by atoms with van der Waals surface area (Å²) in [6.07, 6.45) is 3.69. The van der Waals surface area contributed by atoms with E-state index in [-0.39, 0.29) is 17.9 Å². The van der Waals surface area contributed by atoms with Crippen LogP contribution in [0, 0.1) is 0 Å². The predicted octanol–water partition coefficient (Wildman–Crippen LogP) is 0.521. The Kier molecular flexibility index (Phi) is 2.98. The maximum absolute atomic E-state index is 11.8. The summed E-state index contributed by atoms with van der Waals surface area (Å²) in [5, 5.41) is 13.6. The van der Waals surface area contributed by atoms with Crippen molar-refractivity contribution in [3.63, 3.8) is 0 Å². The van der Waals surface area contributed by atoms with Gasteiger partial charge in [-0.1, -0.05) is 30.3 Å². The van der Waals surface area contributed by atoms with E-state index in [4.69, 9.17) is 0 Å². The van der Waals surface area contributed by atoms with Gasteiger partial charge >= 0.3 is 0 Å². The number of hydrogen-bond acceptors (Lipinski definition) is 4. The normalized spacial score (nSPS) is 16.0. The van der Waals surface area contributed by atoms with Crippen molar-refractivity contribution in [3.05, 3.63) is 42.2 Å². The van der Waals surface area contributed by atoms with Crippen LogP contribution in [0.5, 0.6) is 0 Å². The van der Waals surface area contributed by atoms with E-state index >= 15 is 0 Å². The lowest BCUT2D eigenvalue weighted by Gasteiger charge is -2.16. The zero-order chi connectivity index (χ0) is 13.1. The Morgan fingerprint density at radius 1 is 1.32 bits per heavy atom. The zero-order valence-electron chi connectivity index (χ0n) is 10.5. The number of carbonyl (C=O) groups is 1. The van der Waals surface area contributed by atoms with Gasteiger partial charge in [0.05, 0.1) is 0 Å². The number of rotatable bonds is 5. The van der Waals surface area contributed by atoms with Crippen molar-refractivity contribution < 1.29 is 4.79 Å². The first-order valence-electron chi connectivity index (χ1n) is 6.32. The Hall–Kier alpha value is -2.24. The average molecular weight is 257 g/mol. The molecule has 0 radical (unpaired) electrons. The van der Waals surface area contributed by atoms with E-state index in [0.717, 1.165) is 12.8 Å². The maximum Gasteiger partial charge on any atom is 0.241 e. The quantitative estimate of drug-likeness (QED) is 0.847.